The Hall–Kier alpha value is -2.91. The van der Waals surface area contributed by atoms with E-state index in [1.54, 1.807) is 7.11 Å². The Morgan fingerprint density at radius 3 is 2.32 bits per heavy atom. The first-order valence-electron chi connectivity index (χ1n) is 11.2. The molecule has 1 unspecified atom stereocenters. The molecule has 0 N–H and O–H groups in total. The average Bonchev–Trinajstić information content (AvgIpc) is 3.14. The number of Topliss-reactive ketones (excluding diaryl/α,β-unsaturated/α-hetero) is 1. The predicted molar refractivity (Wildman–Crippen MR) is 124 cm³/mol. The molecule has 3 heteroatoms. The number of carbonyl (C=O) groups is 1. The van der Waals surface area contributed by atoms with Gasteiger partial charge in [0.2, 0.25) is 0 Å². The highest BCUT2D eigenvalue weighted by atomic mass is 16.5. The molecule has 3 nitrogen and oxygen atoms in total. The van der Waals surface area contributed by atoms with Gasteiger partial charge in [0.05, 0.1) is 12.5 Å². The lowest BCUT2D eigenvalue weighted by Gasteiger charge is -2.42. The zero-order valence-corrected chi connectivity index (χ0v) is 18.1. The number of hydrogen-bond donors (Lipinski definition) is 0. The van der Waals surface area contributed by atoms with Gasteiger partial charge >= 0.3 is 0 Å². The lowest BCUT2D eigenvalue weighted by atomic mass is 9.64. The topological polar surface area (TPSA) is 29.5 Å². The van der Waals surface area contributed by atoms with Gasteiger partial charge in [-0.1, -0.05) is 72.8 Å². The summed E-state index contributed by atoms with van der Waals surface area (Å²) in [5, 5.41) is 0. The molecule has 0 radical (unpaired) electrons. The molecule has 0 saturated carbocycles. The highest BCUT2D eigenvalue weighted by molar-refractivity contribution is 6.08. The van der Waals surface area contributed by atoms with Gasteiger partial charge in [-0.15, -0.1) is 0 Å². The van der Waals surface area contributed by atoms with Gasteiger partial charge in [-0.05, 0) is 55.5 Å². The molecule has 1 aliphatic carbocycles. The van der Waals surface area contributed by atoms with E-state index < -0.39 is 5.41 Å². The maximum Gasteiger partial charge on any atom is 0.174 e. The van der Waals surface area contributed by atoms with Crippen LogP contribution in [-0.2, 0) is 18.4 Å². The quantitative estimate of drug-likeness (QED) is 0.572. The number of hydrogen-bond acceptors (Lipinski definition) is 3. The molecule has 0 amide bonds. The molecular weight excluding hydrogens is 382 g/mol. The molecule has 0 bridgehead atoms. The van der Waals surface area contributed by atoms with E-state index in [1.165, 1.54) is 16.7 Å². The van der Waals surface area contributed by atoms with Crippen LogP contribution in [0.5, 0.6) is 5.75 Å². The minimum absolute atomic E-state index is 0.317. The van der Waals surface area contributed by atoms with Gasteiger partial charge in [-0.25, -0.2) is 0 Å². The summed E-state index contributed by atoms with van der Waals surface area (Å²) in [5.41, 5.74) is 4.10. The van der Waals surface area contributed by atoms with Crippen molar-refractivity contribution in [3.05, 3.63) is 101 Å². The summed E-state index contributed by atoms with van der Waals surface area (Å²) in [5.74, 6) is 1.62. The first kappa shape index (κ1) is 20.0. The monoisotopic (exact) mass is 411 g/mol. The molecule has 0 aromatic heterocycles. The number of ether oxygens (including phenoxy) is 1. The summed E-state index contributed by atoms with van der Waals surface area (Å²) in [6.45, 7) is 2.89. The van der Waals surface area contributed by atoms with E-state index in [-0.39, 0.29) is 0 Å². The number of fused-ring (bicyclic) bond motifs is 1. The summed E-state index contributed by atoms with van der Waals surface area (Å²) in [6.07, 6.45) is 2.89. The second-order valence-electron chi connectivity index (χ2n) is 8.86. The summed E-state index contributed by atoms with van der Waals surface area (Å²) in [7, 11) is 1.73. The molecule has 1 aliphatic heterocycles. The van der Waals surface area contributed by atoms with Crippen molar-refractivity contribution in [3.63, 3.8) is 0 Å². The maximum absolute atomic E-state index is 13.8. The number of likely N-dealkylation sites (tertiary alicyclic amines) is 1. The zero-order valence-electron chi connectivity index (χ0n) is 18.1. The number of rotatable bonds is 5. The fourth-order valence-electron chi connectivity index (χ4n) is 5.71. The predicted octanol–water partition coefficient (Wildman–Crippen LogP) is 5.28. The Labute approximate surface area is 184 Å². The van der Waals surface area contributed by atoms with Crippen LogP contribution in [0.15, 0.2) is 78.9 Å². The Bertz CT molecular complexity index is 1070. The van der Waals surface area contributed by atoms with E-state index in [9.17, 15) is 4.79 Å². The van der Waals surface area contributed by atoms with Gasteiger partial charge in [0, 0.05) is 17.7 Å². The molecule has 31 heavy (non-hydrogen) atoms. The van der Waals surface area contributed by atoms with Gasteiger partial charge in [-0.2, -0.15) is 0 Å². The van der Waals surface area contributed by atoms with E-state index in [0.29, 0.717) is 11.7 Å². The van der Waals surface area contributed by atoms with Crippen molar-refractivity contribution in [1.82, 2.24) is 4.90 Å². The second kappa shape index (κ2) is 8.32. The SMILES string of the molecule is COc1ccccc1CN1CCC(C2(c3ccccc3)Cc3ccccc3C2=O)CC1. The van der Waals surface area contributed by atoms with Gasteiger partial charge in [0.1, 0.15) is 5.75 Å². The number of ketones is 1. The molecule has 2 aliphatic rings. The number of nitrogens with zero attached hydrogens (tertiary/aromatic N) is 1. The highest BCUT2D eigenvalue weighted by Crippen LogP contribution is 2.48. The minimum atomic E-state index is -0.429. The molecular formula is C28H29NO2. The second-order valence-corrected chi connectivity index (χ2v) is 8.86. The smallest absolute Gasteiger partial charge is 0.174 e. The molecule has 3 aromatic carbocycles. The lowest BCUT2D eigenvalue weighted by molar-refractivity contribution is 0.0734. The van der Waals surface area contributed by atoms with Crippen LogP contribution in [0.3, 0.4) is 0 Å². The van der Waals surface area contributed by atoms with Crippen LogP contribution in [0.2, 0.25) is 0 Å². The molecule has 158 valence electrons. The van der Waals surface area contributed by atoms with E-state index in [0.717, 1.165) is 50.2 Å². The summed E-state index contributed by atoms with van der Waals surface area (Å²) in [4.78, 5) is 16.3. The third kappa shape index (κ3) is 3.47. The van der Waals surface area contributed by atoms with Crippen LogP contribution in [0.4, 0.5) is 0 Å². The summed E-state index contributed by atoms with van der Waals surface area (Å²) in [6, 6.07) is 27.0. The van der Waals surface area contributed by atoms with Gasteiger partial charge in [0.15, 0.2) is 5.78 Å². The van der Waals surface area contributed by atoms with Gasteiger partial charge in [-0.3, -0.25) is 9.69 Å². The summed E-state index contributed by atoms with van der Waals surface area (Å²) >= 11 is 0. The van der Waals surface area contributed by atoms with Crippen molar-refractivity contribution in [2.75, 3.05) is 20.2 Å². The maximum atomic E-state index is 13.8. The fraction of sp³-hybridized carbons (Fsp3) is 0.321. The van der Waals surface area contributed by atoms with Crippen LogP contribution in [0.25, 0.3) is 0 Å². The van der Waals surface area contributed by atoms with Crippen molar-refractivity contribution in [2.45, 2.75) is 31.2 Å². The van der Waals surface area contributed by atoms with Crippen molar-refractivity contribution in [3.8, 4) is 5.75 Å². The minimum Gasteiger partial charge on any atom is -0.496 e. The summed E-state index contributed by atoms with van der Waals surface area (Å²) < 4.78 is 5.54. The number of para-hydroxylation sites is 1. The molecule has 1 heterocycles. The third-order valence-corrected chi connectivity index (χ3v) is 7.30. The Balaban J connectivity index is 1.40. The van der Waals surface area contributed by atoms with E-state index in [4.69, 9.17) is 4.74 Å². The van der Waals surface area contributed by atoms with Crippen molar-refractivity contribution >= 4 is 5.78 Å². The molecule has 0 spiro atoms. The van der Waals surface area contributed by atoms with Gasteiger partial charge in [0.25, 0.3) is 0 Å². The third-order valence-electron chi connectivity index (χ3n) is 7.30. The average molecular weight is 412 g/mol. The number of piperidine rings is 1. The number of methoxy groups -OCH3 is 1. The molecule has 1 saturated heterocycles. The number of carbonyl (C=O) groups excluding carboxylic acids is 1. The molecule has 1 fully saturated rings. The molecule has 5 rings (SSSR count). The van der Waals surface area contributed by atoms with Crippen LogP contribution in [-0.4, -0.2) is 30.9 Å². The highest BCUT2D eigenvalue weighted by Gasteiger charge is 2.52. The van der Waals surface area contributed by atoms with Crippen LogP contribution in [0.1, 0.15) is 39.9 Å². The normalized spacial score (nSPS) is 21.8. The van der Waals surface area contributed by atoms with Crippen molar-refractivity contribution < 1.29 is 9.53 Å². The van der Waals surface area contributed by atoms with Gasteiger partial charge < -0.3 is 4.74 Å². The van der Waals surface area contributed by atoms with Crippen LogP contribution in [0, 0.1) is 5.92 Å². The standard InChI is InChI=1S/C28H29NO2/c1-31-26-14-8-6-10-22(26)20-29-17-15-24(16-18-29)28(23-11-3-2-4-12-23)19-21-9-5-7-13-25(21)27(28)30/h2-14,24H,15-20H2,1H3. The number of benzene rings is 3. The van der Waals surface area contributed by atoms with Crippen LogP contribution >= 0.6 is 0 Å². The molecule has 1 atom stereocenters. The Morgan fingerprint density at radius 1 is 0.903 bits per heavy atom. The van der Waals surface area contributed by atoms with Crippen molar-refractivity contribution in [1.29, 1.82) is 0 Å². The Kier molecular flexibility index (Phi) is 5.37. The lowest BCUT2D eigenvalue weighted by Crippen LogP contribution is -2.47. The van der Waals surface area contributed by atoms with Crippen LogP contribution < -0.4 is 4.74 Å². The Morgan fingerprint density at radius 2 is 1.58 bits per heavy atom. The largest absolute Gasteiger partial charge is 0.496 e. The first-order chi connectivity index (χ1) is 15.2. The fourth-order valence-corrected chi connectivity index (χ4v) is 5.71. The van der Waals surface area contributed by atoms with E-state index >= 15 is 0 Å². The van der Waals surface area contributed by atoms with E-state index in [1.807, 2.05) is 30.3 Å². The molecule has 3 aromatic rings. The first-order valence-corrected chi connectivity index (χ1v) is 11.2. The van der Waals surface area contributed by atoms with Crippen molar-refractivity contribution in [2.24, 2.45) is 5.92 Å². The van der Waals surface area contributed by atoms with E-state index in [2.05, 4.69) is 53.4 Å². The zero-order chi connectivity index (χ0) is 21.3.